The first-order chi connectivity index (χ1) is 14.8. The van der Waals surface area contributed by atoms with Gasteiger partial charge in [-0.15, -0.1) is 11.3 Å². The maximum absolute atomic E-state index is 14.6. The molecule has 5 nitrogen and oxygen atoms in total. The molecule has 2 aromatic carbocycles. The Hall–Kier alpha value is -3.03. The molecule has 2 aromatic heterocycles. The van der Waals surface area contributed by atoms with Gasteiger partial charge in [-0.2, -0.15) is 4.98 Å². The van der Waals surface area contributed by atoms with Crippen LogP contribution in [0.1, 0.15) is 19.4 Å². The van der Waals surface area contributed by atoms with Crippen LogP contribution in [0.5, 0.6) is 0 Å². The number of anilines is 1. The van der Waals surface area contributed by atoms with Crippen LogP contribution in [-0.4, -0.2) is 15.5 Å². The van der Waals surface area contributed by atoms with E-state index >= 15 is 0 Å². The van der Waals surface area contributed by atoms with Gasteiger partial charge in [-0.25, -0.2) is 4.39 Å². The highest BCUT2D eigenvalue weighted by Gasteiger charge is 2.15. The largest absolute Gasteiger partial charge is 0.326 e. The van der Waals surface area contributed by atoms with E-state index in [1.807, 2.05) is 34.9 Å². The van der Waals surface area contributed by atoms with Crippen LogP contribution >= 0.6 is 22.9 Å². The van der Waals surface area contributed by atoms with E-state index in [0.717, 1.165) is 16.0 Å². The van der Waals surface area contributed by atoms with Crippen molar-refractivity contribution < 1.29 is 9.18 Å². The summed E-state index contributed by atoms with van der Waals surface area (Å²) in [6.45, 7) is 4.00. The number of amides is 1. The van der Waals surface area contributed by atoms with Gasteiger partial charge in [0.05, 0.1) is 17.5 Å². The third kappa shape index (κ3) is 4.52. The van der Waals surface area contributed by atoms with Gasteiger partial charge in [0, 0.05) is 22.4 Å². The summed E-state index contributed by atoms with van der Waals surface area (Å²) in [4.78, 5) is 28.9. The van der Waals surface area contributed by atoms with Crippen LogP contribution in [0.15, 0.2) is 59.7 Å². The molecule has 0 aliphatic carbocycles. The van der Waals surface area contributed by atoms with Crippen molar-refractivity contribution in [1.82, 2.24) is 9.55 Å². The molecular weight excluding hydrogens is 437 g/mol. The summed E-state index contributed by atoms with van der Waals surface area (Å²) in [6.07, 6.45) is 1.51. The molecule has 0 saturated heterocycles. The van der Waals surface area contributed by atoms with Crippen molar-refractivity contribution in [2.75, 3.05) is 5.32 Å². The van der Waals surface area contributed by atoms with Crippen LogP contribution in [0.3, 0.4) is 0 Å². The fourth-order valence-corrected chi connectivity index (χ4v) is 4.27. The third-order valence-electron chi connectivity index (χ3n) is 4.83. The maximum atomic E-state index is 14.6. The lowest BCUT2D eigenvalue weighted by Crippen LogP contribution is -2.18. The predicted molar refractivity (Wildman–Crippen MR) is 123 cm³/mol. The van der Waals surface area contributed by atoms with E-state index in [9.17, 15) is 14.0 Å². The van der Waals surface area contributed by atoms with Crippen LogP contribution in [0.25, 0.3) is 20.7 Å². The topological polar surface area (TPSA) is 64.0 Å². The molecule has 158 valence electrons. The van der Waals surface area contributed by atoms with Gasteiger partial charge in [0.25, 0.3) is 5.56 Å². The Labute approximate surface area is 187 Å². The van der Waals surface area contributed by atoms with Gasteiger partial charge in [0.1, 0.15) is 10.5 Å². The summed E-state index contributed by atoms with van der Waals surface area (Å²) in [5.74, 6) is -1.03. The van der Waals surface area contributed by atoms with Gasteiger partial charge >= 0.3 is 0 Å². The number of hydrogen-bond acceptors (Lipinski definition) is 4. The normalized spacial score (nSPS) is 11.3. The fourth-order valence-electron chi connectivity index (χ4n) is 3.09. The summed E-state index contributed by atoms with van der Waals surface area (Å²) >= 11 is 7.22. The second-order valence-electron chi connectivity index (χ2n) is 7.47. The number of hydrogen-bond donors (Lipinski definition) is 1. The molecule has 1 amide bonds. The molecule has 0 saturated carbocycles. The number of thiophene rings is 1. The van der Waals surface area contributed by atoms with E-state index in [1.165, 1.54) is 29.8 Å². The van der Waals surface area contributed by atoms with Gasteiger partial charge < -0.3 is 9.88 Å². The lowest BCUT2D eigenvalue weighted by atomic mass is 10.1. The maximum Gasteiger partial charge on any atom is 0.290 e. The molecule has 0 radical (unpaired) electrons. The van der Waals surface area contributed by atoms with Crippen molar-refractivity contribution in [3.8, 4) is 10.4 Å². The number of halogens is 2. The van der Waals surface area contributed by atoms with Crippen molar-refractivity contribution in [2.45, 2.75) is 20.4 Å². The van der Waals surface area contributed by atoms with Crippen molar-refractivity contribution in [1.29, 1.82) is 0 Å². The summed E-state index contributed by atoms with van der Waals surface area (Å²) < 4.78 is 17.0. The highest BCUT2D eigenvalue weighted by atomic mass is 35.5. The number of rotatable bonds is 5. The number of benzene rings is 2. The molecule has 31 heavy (non-hydrogen) atoms. The van der Waals surface area contributed by atoms with Gasteiger partial charge in [-0.1, -0.05) is 43.6 Å². The molecule has 4 aromatic rings. The average molecular weight is 456 g/mol. The molecule has 0 bridgehead atoms. The Morgan fingerprint density at radius 2 is 1.94 bits per heavy atom. The Morgan fingerprint density at radius 1 is 1.19 bits per heavy atom. The van der Waals surface area contributed by atoms with Crippen LogP contribution in [0.2, 0.25) is 5.02 Å². The van der Waals surface area contributed by atoms with Gasteiger partial charge in [-0.3, -0.25) is 9.59 Å². The van der Waals surface area contributed by atoms with Crippen molar-refractivity contribution in [3.05, 3.63) is 81.6 Å². The first-order valence-electron chi connectivity index (χ1n) is 9.66. The zero-order valence-corrected chi connectivity index (χ0v) is 18.4. The smallest absolute Gasteiger partial charge is 0.290 e. The van der Waals surface area contributed by atoms with Crippen molar-refractivity contribution in [2.24, 2.45) is 5.92 Å². The number of carbonyl (C=O) groups is 1. The first-order valence-corrected chi connectivity index (χ1v) is 10.9. The van der Waals surface area contributed by atoms with Crippen molar-refractivity contribution in [3.63, 3.8) is 0 Å². The van der Waals surface area contributed by atoms with E-state index < -0.39 is 5.82 Å². The fraction of sp³-hybridized carbons (Fsp3) is 0.174. The molecule has 2 heterocycles. The van der Waals surface area contributed by atoms with E-state index in [1.54, 1.807) is 19.9 Å². The number of nitrogens with one attached hydrogen (secondary N) is 1. The van der Waals surface area contributed by atoms with Crippen molar-refractivity contribution >= 4 is 44.7 Å². The summed E-state index contributed by atoms with van der Waals surface area (Å²) in [6, 6.07) is 13.9. The van der Waals surface area contributed by atoms with E-state index in [-0.39, 0.29) is 23.1 Å². The Balaban J connectivity index is 1.70. The monoisotopic (exact) mass is 455 g/mol. The number of nitrogens with zero attached hydrogens (tertiary/aromatic N) is 2. The lowest BCUT2D eigenvalue weighted by Gasteiger charge is -2.09. The second kappa shape index (κ2) is 8.61. The zero-order valence-electron chi connectivity index (χ0n) is 16.9. The number of fused-ring (bicyclic) bond motifs is 1. The Morgan fingerprint density at radius 3 is 2.61 bits per heavy atom. The highest BCUT2D eigenvalue weighted by Crippen LogP contribution is 2.33. The lowest BCUT2D eigenvalue weighted by molar-refractivity contribution is -0.118. The van der Waals surface area contributed by atoms with Gasteiger partial charge in [-0.05, 0) is 41.5 Å². The Kier molecular flexibility index (Phi) is 5.89. The Bertz CT molecular complexity index is 1330. The van der Waals surface area contributed by atoms with Crippen LogP contribution < -0.4 is 10.9 Å². The molecule has 1 N–H and O–H groups in total. The zero-order chi connectivity index (χ0) is 22.1. The third-order valence-corrected chi connectivity index (χ3v) is 6.25. The second-order valence-corrected chi connectivity index (χ2v) is 8.96. The summed E-state index contributed by atoms with van der Waals surface area (Å²) in [5, 5.41) is 3.23. The summed E-state index contributed by atoms with van der Waals surface area (Å²) in [5.41, 5.74) is 2.18. The summed E-state index contributed by atoms with van der Waals surface area (Å²) in [7, 11) is 0. The van der Waals surface area contributed by atoms with E-state index in [2.05, 4.69) is 10.3 Å². The minimum absolute atomic E-state index is 0.132. The molecular formula is C23H19ClFN3O2S. The molecule has 0 aliphatic rings. The molecule has 0 unspecified atom stereocenters. The highest BCUT2D eigenvalue weighted by molar-refractivity contribution is 7.22. The number of carbonyl (C=O) groups excluding carboxylic acids is 1. The van der Waals surface area contributed by atoms with Gasteiger partial charge in [0.2, 0.25) is 5.91 Å². The molecule has 0 fully saturated rings. The molecule has 0 aliphatic heterocycles. The van der Waals surface area contributed by atoms with Crippen LogP contribution in [-0.2, 0) is 11.3 Å². The molecule has 0 atom stereocenters. The standard InChI is InChI=1S/C23H19ClFN3O2S/c1-13(2)22(29)27-18-8-5-15(9-17(18)25)20-10-19-21(31-20)23(30)26-12-28(19)11-14-3-6-16(24)7-4-14/h3-10,12-13H,11H2,1-2H3,(H,27,29). The SMILES string of the molecule is CC(C)C(=O)Nc1ccc(-c2cc3c(s2)c(=O)ncn3Cc2ccc(Cl)cc2)cc1F. The van der Waals surface area contributed by atoms with Crippen LogP contribution in [0.4, 0.5) is 10.1 Å². The molecule has 0 spiro atoms. The predicted octanol–water partition coefficient (Wildman–Crippen LogP) is 5.56. The van der Waals surface area contributed by atoms with E-state index in [4.69, 9.17) is 11.6 Å². The van der Waals surface area contributed by atoms with Gasteiger partial charge in [0.15, 0.2) is 0 Å². The average Bonchev–Trinajstić information content (AvgIpc) is 3.19. The first kappa shape index (κ1) is 21.2. The number of aromatic nitrogens is 2. The van der Waals surface area contributed by atoms with E-state index in [0.29, 0.717) is 21.8 Å². The molecule has 4 rings (SSSR count). The minimum Gasteiger partial charge on any atom is -0.326 e. The quantitative estimate of drug-likeness (QED) is 0.428. The minimum atomic E-state index is -0.529. The van der Waals surface area contributed by atoms with Crippen LogP contribution in [0, 0.1) is 11.7 Å². The molecule has 8 heteroatoms.